The third-order valence-corrected chi connectivity index (χ3v) is 7.38. The molecule has 0 spiro atoms. The van der Waals surface area contributed by atoms with Gasteiger partial charge in [-0.1, -0.05) is 12.1 Å². The lowest BCUT2D eigenvalue weighted by Gasteiger charge is -2.26. The number of benzene rings is 3. The van der Waals surface area contributed by atoms with Gasteiger partial charge in [-0.3, -0.25) is 19.7 Å². The maximum atomic E-state index is 13.4. The first kappa shape index (κ1) is 30.1. The number of hydrogen-bond donors (Lipinski definition) is 3. The smallest absolute Gasteiger partial charge is 0.411 e. The number of anilines is 2. The number of carboxylic acid groups (broad SMARTS) is 1. The first-order valence-corrected chi connectivity index (χ1v) is 13.9. The number of aliphatic carboxylic acids is 1. The van der Waals surface area contributed by atoms with E-state index in [0.29, 0.717) is 66.6 Å². The fraction of sp³-hybridized carbons (Fsp3) is 0.290. The van der Waals surface area contributed by atoms with E-state index in [2.05, 4.69) is 10.6 Å². The first-order valence-electron chi connectivity index (χ1n) is 13.9. The highest BCUT2D eigenvalue weighted by molar-refractivity contribution is 5.99. The van der Waals surface area contributed by atoms with E-state index in [4.69, 9.17) is 14.2 Å². The molecule has 1 atom stereocenters. The number of halogens is 1. The maximum absolute atomic E-state index is 13.4. The van der Waals surface area contributed by atoms with Crippen LogP contribution in [0.3, 0.4) is 0 Å². The van der Waals surface area contributed by atoms with Crippen LogP contribution < -0.4 is 25.0 Å². The van der Waals surface area contributed by atoms with E-state index in [1.165, 1.54) is 37.4 Å². The molecular formula is C31H31FN4O8. The molecule has 12 nitrogen and oxygen atoms in total. The van der Waals surface area contributed by atoms with E-state index >= 15 is 0 Å². The van der Waals surface area contributed by atoms with Crippen LogP contribution in [0.1, 0.15) is 45.2 Å². The van der Waals surface area contributed by atoms with Crippen molar-refractivity contribution in [1.29, 1.82) is 0 Å². The second-order valence-corrected chi connectivity index (χ2v) is 10.2. The van der Waals surface area contributed by atoms with Crippen molar-refractivity contribution in [3.05, 3.63) is 83.2 Å². The Morgan fingerprint density at radius 3 is 2.43 bits per heavy atom. The lowest BCUT2D eigenvalue weighted by molar-refractivity contribution is -0.137. The predicted molar refractivity (Wildman–Crippen MR) is 157 cm³/mol. The zero-order valence-electron chi connectivity index (χ0n) is 23.9. The molecule has 0 saturated carbocycles. The predicted octanol–water partition coefficient (Wildman–Crippen LogP) is 4.03. The van der Waals surface area contributed by atoms with Gasteiger partial charge in [0.25, 0.3) is 11.8 Å². The van der Waals surface area contributed by atoms with Crippen LogP contribution in [-0.2, 0) is 9.53 Å². The first-order chi connectivity index (χ1) is 21.2. The Morgan fingerprint density at radius 1 is 0.932 bits per heavy atom. The Hall–Kier alpha value is -5.33. The summed E-state index contributed by atoms with van der Waals surface area (Å²) in [6.07, 6.45) is -0.517. The standard InChI is InChI=1S/C31H31FN4O8/c1-42-31(41)34-24-15-20(29(39)33-23(17-28(37)38)19-3-7-22(32)8-4-19)5-9-25(24)35-11-2-12-36(14-13-35)30(40)21-6-10-26-27(16-21)44-18-43-26/h3-10,15-16,23H,2,11-14,17-18H2,1H3,(H,33,39)(H,34,41)(H,37,38). The number of rotatable bonds is 8. The number of amides is 3. The van der Waals surface area contributed by atoms with Gasteiger partial charge in [0.05, 0.1) is 30.9 Å². The number of nitrogens with zero attached hydrogens (tertiary/aromatic N) is 2. The van der Waals surface area contributed by atoms with Crippen molar-refractivity contribution in [2.45, 2.75) is 18.9 Å². The van der Waals surface area contributed by atoms with Gasteiger partial charge < -0.3 is 34.4 Å². The Labute approximate surface area is 252 Å². The van der Waals surface area contributed by atoms with Gasteiger partial charge >= 0.3 is 12.1 Å². The molecule has 1 saturated heterocycles. The van der Waals surface area contributed by atoms with Crippen LogP contribution in [0.5, 0.6) is 11.5 Å². The maximum Gasteiger partial charge on any atom is 0.411 e. The summed E-state index contributed by atoms with van der Waals surface area (Å²) in [7, 11) is 1.22. The summed E-state index contributed by atoms with van der Waals surface area (Å²) >= 11 is 0. The molecule has 2 aliphatic rings. The molecule has 0 aromatic heterocycles. The van der Waals surface area contributed by atoms with Crippen LogP contribution in [0.2, 0.25) is 0 Å². The number of carbonyl (C=O) groups excluding carboxylic acids is 3. The quantitative estimate of drug-likeness (QED) is 0.346. The van der Waals surface area contributed by atoms with Gasteiger partial charge in [0.15, 0.2) is 11.5 Å². The van der Waals surface area contributed by atoms with Crippen LogP contribution in [0, 0.1) is 5.82 Å². The topological polar surface area (TPSA) is 147 Å². The van der Waals surface area contributed by atoms with E-state index < -0.39 is 36.2 Å². The zero-order valence-corrected chi connectivity index (χ0v) is 23.9. The minimum Gasteiger partial charge on any atom is -0.481 e. The summed E-state index contributed by atoms with van der Waals surface area (Å²) in [6, 6.07) is 14.1. The molecule has 2 aliphatic heterocycles. The van der Waals surface area contributed by atoms with Gasteiger partial charge in [0, 0.05) is 37.3 Å². The molecular weight excluding hydrogens is 575 g/mol. The van der Waals surface area contributed by atoms with Crippen molar-refractivity contribution < 1.29 is 42.9 Å². The summed E-state index contributed by atoms with van der Waals surface area (Å²) in [4.78, 5) is 54.0. The largest absolute Gasteiger partial charge is 0.481 e. The molecule has 1 fully saturated rings. The Morgan fingerprint density at radius 2 is 1.68 bits per heavy atom. The minimum atomic E-state index is -1.14. The van der Waals surface area contributed by atoms with E-state index in [1.807, 2.05) is 4.90 Å². The summed E-state index contributed by atoms with van der Waals surface area (Å²) < 4.78 is 29.0. The van der Waals surface area contributed by atoms with Crippen molar-refractivity contribution in [1.82, 2.24) is 10.2 Å². The molecule has 3 aromatic rings. The third-order valence-electron chi connectivity index (χ3n) is 7.38. The average Bonchev–Trinajstić information content (AvgIpc) is 3.35. The van der Waals surface area contributed by atoms with Crippen molar-refractivity contribution in [3.8, 4) is 11.5 Å². The molecule has 3 aromatic carbocycles. The molecule has 0 bridgehead atoms. The highest BCUT2D eigenvalue weighted by Crippen LogP contribution is 2.33. The fourth-order valence-corrected chi connectivity index (χ4v) is 5.15. The molecule has 44 heavy (non-hydrogen) atoms. The molecule has 0 aliphatic carbocycles. The highest BCUT2D eigenvalue weighted by atomic mass is 19.1. The summed E-state index contributed by atoms with van der Waals surface area (Å²) in [5.41, 5.74) is 2.00. The second-order valence-electron chi connectivity index (χ2n) is 10.2. The van der Waals surface area contributed by atoms with E-state index in [0.717, 1.165) is 0 Å². The average molecular weight is 607 g/mol. The molecule has 5 rings (SSSR count). The molecule has 230 valence electrons. The summed E-state index contributed by atoms with van der Waals surface area (Å²) in [5.74, 6) is -1.23. The molecule has 1 unspecified atom stereocenters. The number of hydrogen-bond acceptors (Lipinski definition) is 8. The van der Waals surface area contributed by atoms with Crippen LogP contribution in [0.4, 0.5) is 20.6 Å². The lowest BCUT2D eigenvalue weighted by Crippen LogP contribution is -2.35. The normalized spacial score (nSPS) is 14.8. The van der Waals surface area contributed by atoms with Crippen LogP contribution >= 0.6 is 0 Å². The number of ether oxygens (including phenoxy) is 3. The highest BCUT2D eigenvalue weighted by Gasteiger charge is 2.25. The van der Waals surface area contributed by atoms with Crippen molar-refractivity contribution in [2.75, 3.05) is 50.3 Å². The summed E-state index contributed by atoms with van der Waals surface area (Å²) in [6.45, 7) is 2.05. The van der Waals surface area contributed by atoms with Gasteiger partial charge in [0.2, 0.25) is 6.79 Å². The number of carbonyl (C=O) groups is 4. The Balaban J connectivity index is 1.33. The van der Waals surface area contributed by atoms with Crippen molar-refractivity contribution in [2.24, 2.45) is 0 Å². The van der Waals surface area contributed by atoms with Crippen molar-refractivity contribution >= 4 is 35.3 Å². The molecule has 3 amide bonds. The molecule has 0 radical (unpaired) electrons. The number of methoxy groups -OCH3 is 1. The van der Waals surface area contributed by atoms with Crippen LogP contribution in [0.15, 0.2) is 60.7 Å². The van der Waals surface area contributed by atoms with E-state index in [9.17, 15) is 28.7 Å². The van der Waals surface area contributed by atoms with Crippen molar-refractivity contribution in [3.63, 3.8) is 0 Å². The van der Waals surface area contributed by atoms with Gasteiger partial charge in [-0.25, -0.2) is 9.18 Å². The zero-order chi connectivity index (χ0) is 31.2. The Kier molecular flexibility index (Phi) is 9.12. The van der Waals surface area contributed by atoms with E-state index in [-0.39, 0.29) is 18.3 Å². The SMILES string of the molecule is COC(=O)Nc1cc(C(=O)NC(CC(=O)O)c2ccc(F)cc2)ccc1N1CCCN(C(=O)c2ccc3c(c2)OCO3)CC1. The van der Waals surface area contributed by atoms with Gasteiger partial charge in [-0.15, -0.1) is 0 Å². The summed E-state index contributed by atoms with van der Waals surface area (Å²) in [5, 5.41) is 14.7. The number of fused-ring (bicyclic) bond motifs is 1. The van der Waals surface area contributed by atoms with Crippen LogP contribution in [-0.4, -0.2) is 74.0 Å². The monoisotopic (exact) mass is 606 g/mol. The van der Waals surface area contributed by atoms with Gasteiger partial charge in [0.1, 0.15) is 5.82 Å². The fourth-order valence-electron chi connectivity index (χ4n) is 5.15. The van der Waals surface area contributed by atoms with Crippen LogP contribution in [0.25, 0.3) is 0 Å². The van der Waals surface area contributed by atoms with Gasteiger partial charge in [-0.2, -0.15) is 0 Å². The number of carboxylic acids is 1. The van der Waals surface area contributed by atoms with E-state index in [1.54, 1.807) is 35.2 Å². The molecule has 3 N–H and O–H groups in total. The molecule has 13 heteroatoms. The molecule has 2 heterocycles. The minimum absolute atomic E-state index is 0.116. The third kappa shape index (κ3) is 7.00. The lowest BCUT2D eigenvalue weighted by atomic mass is 10.0. The Bertz CT molecular complexity index is 1560. The number of nitrogens with one attached hydrogen (secondary N) is 2. The second kappa shape index (κ2) is 13.3. The van der Waals surface area contributed by atoms with Gasteiger partial charge in [-0.05, 0) is 60.5 Å².